The van der Waals surface area contributed by atoms with Crippen molar-refractivity contribution in [3.05, 3.63) is 24.2 Å². The number of nitrogens with zero attached hydrogens (tertiary/aromatic N) is 6. The predicted octanol–water partition coefficient (Wildman–Crippen LogP) is 1.06. The average Bonchev–Trinajstić information content (AvgIpc) is 3.47. The summed E-state index contributed by atoms with van der Waals surface area (Å²) in [7, 11) is -5.66. The molecule has 2 aliphatic rings. The molecule has 4 rings (SSSR count). The van der Waals surface area contributed by atoms with Crippen LogP contribution in [0.5, 0.6) is 0 Å². The van der Waals surface area contributed by atoms with Crippen LogP contribution in [0.1, 0.15) is 44.1 Å². The third kappa shape index (κ3) is 4.35. The van der Waals surface area contributed by atoms with Gasteiger partial charge in [-0.3, -0.25) is 4.68 Å². The smallest absolute Gasteiger partial charge is 0.246 e. The topological polar surface area (TPSA) is 151 Å². The van der Waals surface area contributed by atoms with Gasteiger partial charge in [0.1, 0.15) is 16.5 Å². The molecule has 1 aliphatic heterocycles. The number of anilines is 1. The molecule has 1 aliphatic carbocycles. The zero-order valence-electron chi connectivity index (χ0n) is 17.7. The molecule has 0 aromatic carbocycles. The standard InChI is InChI=1S/C19H25N7O4S2/c1-25-13-17(12-22-25)32(29,30)26-8-6-15(7-9-26)23-19-21-11-14(10-20)18(24-19)31(27,28)16-4-2-3-5-16/h11-13,15-16H,2-9H2,1H3,(H,21,23,24). The van der Waals surface area contributed by atoms with Crippen molar-refractivity contribution in [1.82, 2.24) is 24.1 Å². The van der Waals surface area contributed by atoms with Crippen LogP contribution in [0.4, 0.5) is 5.95 Å². The average molecular weight is 480 g/mol. The van der Waals surface area contributed by atoms with Crippen LogP contribution in [0.2, 0.25) is 0 Å². The van der Waals surface area contributed by atoms with E-state index in [9.17, 15) is 22.1 Å². The number of rotatable bonds is 6. The van der Waals surface area contributed by atoms with Gasteiger partial charge < -0.3 is 5.32 Å². The first-order valence-electron chi connectivity index (χ1n) is 10.5. The lowest BCUT2D eigenvalue weighted by Crippen LogP contribution is -2.42. The van der Waals surface area contributed by atoms with Gasteiger partial charge in [-0.05, 0) is 25.7 Å². The van der Waals surface area contributed by atoms with Gasteiger partial charge in [0.25, 0.3) is 0 Å². The van der Waals surface area contributed by atoms with Crippen molar-refractivity contribution in [2.75, 3.05) is 18.4 Å². The number of sulfonamides is 1. The summed E-state index contributed by atoms with van der Waals surface area (Å²) in [4.78, 5) is 8.46. The van der Waals surface area contributed by atoms with Crippen LogP contribution in [0, 0.1) is 11.3 Å². The highest BCUT2D eigenvalue weighted by Crippen LogP contribution is 2.30. The summed E-state index contributed by atoms with van der Waals surface area (Å²) in [5.41, 5.74) is -0.0557. The highest BCUT2D eigenvalue weighted by atomic mass is 32.2. The van der Waals surface area contributed by atoms with Crippen molar-refractivity contribution in [2.24, 2.45) is 7.05 Å². The number of piperidine rings is 1. The summed E-state index contributed by atoms with van der Waals surface area (Å²) in [5.74, 6) is 0.133. The Hall–Kier alpha value is -2.56. The lowest BCUT2D eigenvalue weighted by Gasteiger charge is -2.31. The van der Waals surface area contributed by atoms with Crippen LogP contribution in [0.25, 0.3) is 0 Å². The van der Waals surface area contributed by atoms with Gasteiger partial charge in [0.15, 0.2) is 14.9 Å². The molecule has 172 valence electrons. The fourth-order valence-corrected chi connectivity index (χ4v) is 7.53. The van der Waals surface area contributed by atoms with Crippen LogP contribution in [0.3, 0.4) is 0 Å². The highest BCUT2D eigenvalue weighted by molar-refractivity contribution is 7.92. The van der Waals surface area contributed by atoms with Crippen LogP contribution in [0.15, 0.2) is 28.5 Å². The monoisotopic (exact) mass is 479 g/mol. The molecule has 1 N–H and O–H groups in total. The third-order valence-corrected chi connectivity index (χ3v) is 10.0. The fourth-order valence-electron chi connectivity index (χ4n) is 4.19. The lowest BCUT2D eigenvalue weighted by atomic mass is 10.1. The molecular formula is C19H25N7O4S2. The number of hydrogen-bond donors (Lipinski definition) is 1. The van der Waals surface area contributed by atoms with Crippen molar-refractivity contribution in [2.45, 2.75) is 59.7 Å². The Bertz CT molecular complexity index is 1240. The van der Waals surface area contributed by atoms with Gasteiger partial charge in [0.2, 0.25) is 16.0 Å². The fraction of sp³-hybridized carbons (Fsp3) is 0.579. The molecule has 0 spiro atoms. The van der Waals surface area contributed by atoms with Gasteiger partial charge in [0.05, 0.1) is 17.6 Å². The molecule has 2 aromatic rings. The largest absolute Gasteiger partial charge is 0.351 e. The molecule has 0 amide bonds. The zero-order valence-corrected chi connectivity index (χ0v) is 19.3. The lowest BCUT2D eigenvalue weighted by molar-refractivity contribution is 0.329. The quantitative estimate of drug-likeness (QED) is 0.600. The molecule has 3 heterocycles. The van der Waals surface area contributed by atoms with Crippen molar-refractivity contribution in [3.8, 4) is 6.07 Å². The van der Waals surface area contributed by atoms with E-state index in [0.29, 0.717) is 38.8 Å². The van der Waals surface area contributed by atoms with Gasteiger partial charge >= 0.3 is 0 Å². The van der Waals surface area contributed by atoms with E-state index in [1.807, 2.05) is 6.07 Å². The minimum Gasteiger partial charge on any atom is -0.351 e. The number of aryl methyl sites for hydroxylation is 1. The predicted molar refractivity (Wildman–Crippen MR) is 115 cm³/mol. The van der Waals surface area contributed by atoms with Gasteiger partial charge in [-0.2, -0.15) is 19.6 Å². The van der Waals surface area contributed by atoms with E-state index < -0.39 is 25.1 Å². The van der Waals surface area contributed by atoms with Gasteiger partial charge in [-0.15, -0.1) is 0 Å². The molecule has 0 unspecified atom stereocenters. The Morgan fingerprint density at radius 1 is 1.09 bits per heavy atom. The maximum absolute atomic E-state index is 13.0. The second-order valence-electron chi connectivity index (χ2n) is 8.15. The first-order chi connectivity index (χ1) is 15.2. The molecule has 0 atom stereocenters. The van der Waals surface area contributed by atoms with Crippen LogP contribution in [-0.2, 0) is 26.9 Å². The van der Waals surface area contributed by atoms with E-state index in [1.165, 1.54) is 27.6 Å². The second kappa shape index (κ2) is 8.76. The second-order valence-corrected chi connectivity index (χ2v) is 12.2. The Morgan fingerprint density at radius 2 is 1.78 bits per heavy atom. The summed E-state index contributed by atoms with van der Waals surface area (Å²) in [5, 5.41) is 15.7. The SMILES string of the molecule is Cn1cc(S(=O)(=O)N2CCC(Nc3ncc(C#N)c(S(=O)(=O)C4CCCC4)n3)CC2)cn1. The van der Waals surface area contributed by atoms with E-state index >= 15 is 0 Å². The van der Waals surface area contributed by atoms with Crippen molar-refractivity contribution < 1.29 is 16.8 Å². The normalized spacial score (nSPS) is 19.1. The van der Waals surface area contributed by atoms with Crippen LogP contribution in [-0.4, -0.2) is 65.3 Å². The maximum atomic E-state index is 13.0. The number of sulfone groups is 1. The Labute approximate surface area is 187 Å². The number of hydrogen-bond acceptors (Lipinski definition) is 9. The molecule has 2 aromatic heterocycles. The Morgan fingerprint density at radius 3 is 2.38 bits per heavy atom. The minimum absolute atomic E-state index is 0.0557. The zero-order chi connectivity index (χ0) is 22.9. The van der Waals surface area contributed by atoms with E-state index in [2.05, 4.69) is 20.4 Å². The minimum atomic E-state index is -3.71. The summed E-state index contributed by atoms with van der Waals surface area (Å²) in [6.07, 6.45) is 7.89. The molecule has 11 nitrogen and oxygen atoms in total. The molecule has 32 heavy (non-hydrogen) atoms. The van der Waals surface area contributed by atoms with E-state index in [-0.39, 0.29) is 27.5 Å². The first kappa shape index (κ1) is 22.6. The van der Waals surface area contributed by atoms with Gasteiger partial charge in [-0.25, -0.2) is 21.8 Å². The van der Waals surface area contributed by atoms with Crippen LogP contribution < -0.4 is 5.32 Å². The molecular weight excluding hydrogens is 454 g/mol. The molecule has 0 bridgehead atoms. The van der Waals surface area contributed by atoms with Crippen molar-refractivity contribution in [1.29, 1.82) is 5.26 Å². The third-order valence-electron chi connectivity index (χ3n) is 5.99. The van der Waals surface area contributed by atoms with Crippen molar-refractivity contribution >= 4 is 25.8 Å². The molecule has 0 radical (unpaired) electrons. The highest BCUT2D eigenvalue weighted by Gasteiger charge is 2.35. The Kier molecular flexibility index (Phi) is 6.19. The molecule has 2 fully saturated rings. The van der Waals surface area contributed by atoms with E-state index in [0.717, 1.165) is 12.8 Å². The molecule has 1 saturated carbocycles. The molecule has 1 saturated heterocycles. The first-order valence-corrected chi connectivity index (χ1v) is 13.5. The van der Waals surface area contributed by atoms with Gasteiger partial charge in [0, 0.05) is 32.4 Å². The summed E-state index contributed by atoms with van der Waals surface area (Å²) < 4.78 is 54.4. The van der Waals surface area contributed by atoms with Crippen LogP contribution >= 0.6 is 0 Å². The molecule has 13 heteroatoms. The number of aromatic nitrogens is 4. The van der Waals surface area contributed by atoms with Gasteiger partial charge in [-0.1, -0.05) is 12.8 Å². The summed E-state index contributed by atoms with van der Waals surface area (Å²) >= 11 is 0. The number of nitrogens with one attached hydrogen (secondary N) is 1. The van der Waals surface area contributed by atoms with E-state index in [1.54, 1.807) is 7.05 Å². The summed E-state index contributed by atoms with van der Waals surface area (Å²) in [6, 6.07) is 1.76. The maximum Gasteiger partial charge on any atom is 0.246 e. The summed E-state index contributed by atoms with van der Waals surface area (Å²) in [6.45, 7) is 0.608. The van der Waals surface area contributed by atoms with E-state index in [4.69, 9.17) is 0 Å². The Balaban J connectivity index is 1.46. The number of nitriles is 1. The van der Waals surface area contributed by atoms with Crippen molar-refractivity contribution in [3.63, 3.8) is 0 Å².